The molecule has 1 saturated heterocycles. The first-order valence-electron chi connectivity index (χ1n) is 5.67. The minimum absolute atomic E-state index is 0.811. The van der Waals surface area contributed by atoms with Gasteiger partial charge in [0.05, 0.1) is 0 Å². The monoisotopic (exact) mass is 199 g/mol. The fourth-order valence-electron chi connectivity index (χ4n) is 2.45. The van der Waals surface area contributed by atoms with E-state index in [9.17, 15) is 0 Å². The van der Waals surface area contributed by atoms with E-state index in [0.29, 0.717) is 0 Å². The van der Waals surface area contributed by atoms with Crippen molar-refractivity contribution in [2.24, 2.45) is 11.8 Å². The van der Waals surface area contributed by atoms with Gasteiger partial charge in [0.1, 0.15) is 0 Å². The molecule has 2 fully saturated rings. The minimum atomic E-state index is 0.811. The van der Waals surface area contributed by atoms with Crippen LogP contribution in [0.5, 0.6) is 0 Å². The molecule has 0 spiro atoms. The zero-order valence-electron chi connectivity index (χ0n) is 8.59. The van der Waals surface area contributed by atoms with Gasteiger partial charge in [-0.1, -0.05) is 19.8 Å². The molecule has 1 aliphatic heterocycles. The van der Waals surface area contributed by atoms with Crippen molar-refractivity contribution < 1.29 is 0 Å². The molecule has 1 N–H and O–H groups in total. The van der Waals surface area contributed by atoms with Crippen LogP contribution < -0.4 is 5.32 Å². The highest BCUT2D eigenvalue weighted by atomic mass is 32.2. The van der Waals surface area contributed by atoms with Crippen molar-refractivity contribution >= 4 is 11.8 Å². The van der Waals surface area contributed by atoms with Crippen LogP contribution in [0.15, 0.2) is 0 Å². The van der Waals surface area contributed by atoms with E-state index in [0.717, 1.165) is 17.9 Å². The first kappa shape index (κ1) is 9.85. The minimum Gasteiger partial charge on any atom is -0.313 e. The smallest absolute Gasteiger partial charge is 0.0191 e. The first-order valence-corrected chi connectivity index (χ1v) is 6.83. The van der Waals surface area contributed by atoms with Crippen molar-refractivity contribution in [1.82, 2.24) is 5.32 Å². The molecule has 0 aromatic rings. The lowest BCUT2D eigenvalue weighted by Crippen LogP contribution is -2.36. The summed E-state index contributed by atoms with van der Waals surface area (Å²) in [5.74, 6) is 4.60. The lowest BCUT2D eigenvalue weighted by molar-refractivity contribution is 0.401. The molecule has 2 rings (SSSR count). The molecule has 1 aliphatic carbocycles. The maximum absolute atomic E-state index is 3.75. The van der Waals surface area contributed by atoms with Crippen LogP contribution in [0.4, 0.5) is 0 Å². The predicted octanol–water partition coefficient (Wildman–Crippen LogP) is 2.52. The molecule has 0 radical (unpaired) electrons. The molecular formula is C11H21NS. The highest BCUT2D eigenvalue weighted by Crippen LogP contribution is 2.26. The Balaban J connectivity index is 1.66. The van der Waals surface area contributed by atoms with Crippen molar-refractivity contribution in [2.75, 3.05) is 18.1 Å². The summed E-state index contributed by atoms with van der Waals surface area (Å²) >= 11 is 2.11. The van der Waals surface area contributed by atoms with Crippen LogP contribution in [0.25, 0.3) is 0 Å². The maximum Gasteiger partial charge on any atom is 0.0191 e. The Morgan fingerprint density at radius 3 is 2.62 bits per heavy atom. The number of hydrogen-bond donors (Lipinski definition) is 1. The second kappa shape index (κ2) is 4.70. The van der Waals surface area contributed by atoms with Gasteiger partial charge in [0.25, 0.3) is 0 Å². The standard InChI is InChI=1S/C11H21NS/c1-9-7-13-8-11(9)12-6-10-4-2-3-5-10/h9-12H,2-8H2,1H3. The summed E-state index contributed by atoms with van der Waals surface area (Å²) < 4.78 is 0. The Kier molecular flexibility index (Phi) is 3.56. The highest BCUT2D eigenvalue weighted by Gasteiger charge is 2.24. The van der Waals surface area contributed by atoms with Gasteiger partial charge in [0.2, 0.25) is 0 Å². The average molecular weight is 199 g/mol. The largest absolute Gasteiger partial charge is 0.313 e. The van der Waals surface area contributed by atoms with Crippen molar-refractivity contribution in [3.05, 3.63) is 0 Å². The molecule has 0 amide bonds. The van der Waals surface area contributed by atoms with Gasteiger partial charge in [-0.05, 0) is 37.0 Å². The van der Waals surface area contributed by atoms with Crippen LogP contribution >= 0.6 is 11.8 Å². The zero-order chi connectivity index (χ0) is 9.10. The molecule has 2 aliphatic rings. The van der Waals surface area contributed by atoms with E-state index < -0.39 is 0 Å². The van der Waals surface area contributed by atoms with Crippen molar-refractivity contribution in [2.45, 2.75) is 38.6 Å². The van der Waals surface area contributed by atoms with Crippen LogP contribution in [-0.4, -0.2) is 24.1 Å². The lowest BCUT2D eigenvalue weighted by atomic mass is 10.0. The van der Waals surface area contributed by atoms with E-state index in [2.05, 4.69) is 24.0 Å². The zero-order valence-corrected chi connectivity index (χ0v) is 9.41. The Hall–Kier alpha value is 0.310. The second-order valence-electron chi connectivity index (χ2n) is 4.68. The van der Waals surface area contributed by atoms with Crippen LogP contribution in [-0.2, 0) is 0 Å². The van der Waals surface area contributed by atoms with E-state index in [4.69, 9.17) is 0 Å². The van der Waals surface area contributed by atoms with Crippen LogP contribution in [0, 0.1) is 11.8 Å². The quantitative estimate of drug-likeness (QED) is 0.749. The van der Waals surface area contributed by atoms with Crippen LogP contribution in [0.3, 0.4) is 0 Å². The summed E-state index contributed by atoms with van der Waals surface area (Å²) in [6.07, 6.45) is 5.89. The molecule has 0 aromatic carbocycles. The van der Waals surface area contributed by atoms with Crippen molar-refractivity contribution in [1.29, 1.82) is 0 Å². The van der Waals surface area contributed by atoms with E-state index in [1.165, 1.54) is 43.7 Å². The molecule has 1 nitrogen and oxygen atoms in total. The molecule has 0 bridgehead atoms. The Bertz CT molecular complexity index is 154. The second-order valence-corrected chi connectivity index (χ2v) is 5.75. The number of rotatable bonds is 3. The normalized spacial score (nSPS) is 35.8. The Morgan fingerprint density at radius 2 is 2.00 bits per heavy atom. The molecule has 1 heterocycles. The molecular weight excluding hydrogens is 178 g/mol. The summed E-state index contributed by atoms with van der Waals surface area (Å²) in [5.41, 5.74) is 0. The third kappa shape index (κ3) is 2.63. The third-order valence-electron chi connectivity index (χ3n) is 3.51. The lowest BCUT2D eigenvalue weighted by Gasteiger charge is -2.19. The fourth-order valence-corrected chi connectivity index (χ4v) is 3.89. The third-order valence-corrected chi connectivity index (χ3v) is 4.86. The topological polar surface area (TPSA) is 12.0 Å². The molecule has 2 unspecified atom stereocenters. The fraction of sp³-hybridized carbons (Fsp3) is 1.00. The summed E-state index contributed by atoms with van der Waals surface area (Å²) in [5, 5.41) is 3.75. The van der Waals surface area contributed by atoms with E-state index in [-0.39, 0.29) is 0 Å². The van der Waals surface area contributed by atoms with Crippen LogP contribution in [0.2, 0.25) is 0 Å². The Morgan fingerprint density at radius 1 is 1.23 bits per heavy atom. The molecule has 1 saturated carbocycles. The van der Waals surface area contributed by atoms with Gasteiger partial charge in [-0.2, -0.15) is 11.8 Å². The van der Waals surface area contributed by atoms with Gasteiger partial charge in [-0.3, -0.25) is 0 Å². The molecule has 2 heteroatoms. The van der Waals surface area contributed by atoms with Gasteiger partial charge in [-0.25, -0.2) is 0 Å². The summed E-state index contributed by atoms with van der Waals surface area (Å²) in [6, 6.07) is 0.811. The van der Waals surface area contributed by atoms with Gasteiger partial charge in [0, 0.05) is 11.8 Å². The summed E-state index contributed by atoms with van der Waals surface area (Å²) in [7, 11) is 0. The average Bonchev–Trinajstić information content (AvgIpc) is 2.72. The number of hydrogen-bond acceptors (Lipinski definition) is 2. The van der Waals surface area contributed by atoms with Crippen LogP contribution in [0.1, 0.15) is 32.6 Å². The van der Waals surface area contributed by atoms with E-state index in [1.807, 2.05) is 0 Å². The van der Waals surface area contributed by atoms with Gasteiger partial charge < -0.3 is 5.32 Å². The van der Waals surface area contributed by atoms with Gasteiger partial charge in [-0.15, -0.1) is 0 Å². The summed E-state index contributed by atoms with van der Waals surface area (Å²) in [4.78, 5) is 0. The van der Waals surface area contributed by atoms with Gasteiger partial charge in [0.15, 0.2) is 0 Å². The van der Waals surface area contributed by atoms with E-state index >= 15 is 0 Å². The van der Waals surface area contributed by atoms with Crippen molar-refractivity contribution in [3.63, 3.8) is 0 Å². The maximum atomic E-state index is 3.75. The van der Waals surface area contributed by atoms with Crippen molar-refractivity contribution in [3.8, 4) is 0 Å². The molecule has 13 heavy (non-hydrogen) atoms. The SMILES string of the molecule is CC1CSCC1NCC1CCCC1. The Labute approximate surface area is 86.0 Å². The van der Waals surface area contributed by atoms with Gasteiger partial charge >= 0.3 is 0 Å². The summed E-state index contributed by atoms with van der Waals surface area (Å²) in [6.45, 7) is 3.67. The molecule has 76 valence electrons. The number of nitrogens with one attached hydrogen (secondary N) is 1. The molecule has 0 aromatic heterocycles. The van der Waals surface area contributed by atoms with E-state index in [1.54, 1.807) is 0 Å². The predicted molar refractivity (Wildman–Crippen MR) is 60.2 cm³/mol. The highest BCUT2D eigenvalue weighted by molar-refractivity contribution is 7.99. The first-order chi connectivity index (χ1) is 6.36. The number of thioether (sulfide) groups is 1. The molecule has 2 atom stereocenters.